The highest BCUT2D eigenvalue weighted by Crippen LogP contribution is 2.32. The second-order valence-corrected chi connectivity index (χ2v) is 8.00. The molecule has 1 aromatic carbocycles. The van der Waals surface area contributed by atoms with Crippen LogP contribution in [0.15, 0.2) is 47.1 Å². The van der Waals surface area contributed by atoms with E-state index in [9.17, 15) is 4.79 Å². The highest BCUT2D eigenvalue weighted by Gasteiger charge is 2.28. The zero-order valence-electron chi connectivity index (χ0n) is 14.9. The Morgan fingerprint density at radius 1 is 1.38 bits per heavy atom. The Kier molecular flexibility index (Phi) is 5.04. The van der Waals surface area contributed by atoms with Gasteiger partial charge in [0.15, 0.2) is 12.3 Å². The van der Waals surface area contributed by atoms with Crippen LogP contribution in [0.25, 0.3) is 10.2 Å². The van der Waals surface area contributed by atoms with Gasteiger partial charge in [0, 0.05) is 19.0 Å². The summed E-state index contributed by atoms with van der Waals surface area (Å²) in [6, 6.07) is 12.2. The zero-order chi connectivity index (χ0) is 17.9. The van der Waals surface area contributed by atoms with E-state index in [1.807, 2.05) is 28.4 Å². The molecule has 1 aliphatic rings. The number of aromatic nitrogens is 1. The van der Waals surface area contributed by atoms with Crippen molar-refractivity contribution in [1.82, 2.24) is 9.88 Å². The van der Waals surface area contributed by atoms with E-state index in [1.165, 1.54) is 4.70 Å². The van der Waals surface area contributed by atoms with Gasteiger partial charge in [-0.25, -0.2) is 4.98 Å². The fourth-order valence-electron chi connectivity index (χ4n) is 3.54. The van der Waals surface area contributed by atoms with Gasteiger partial charge in [-0.1, -0.05) is 12.1 Å². The highest BCUT2D eigenvalue weighted by atomic mass is 32.1. The second-order valence-electron chi connectivity index (χ2n) is 6.94. The van der Waals surface area contributed by atoms with Crippen LogP contribution in [-0.2, 0) is 4.79 Å². The molecule has 0 bridgehead atoms. The minimum absolute atomic E-state index is 0.152. The molecule has 1 fully saturated rings. The molecule has 1 aliphatic heterocycles. The van der Waals surface area contributed by atoms with Gasteiger partial charge in [-0.05, 0) is 44.0 Å². The van der Waals surface area contributed by atoms with E-state index in [4.69, 9.17) is 9.40 Å². The van der Waals surface area contributed by atoms with Crippen molar-refractivity contribution in [2.45, 2.75) is 31.7 Å². The number of carbonyl (C=O) groups is 1. The van der Waals surface area contributed by atoms with Crippen molar-refractivity contribution in [1.29, 1.82) is 0 Å². The van der Waals surface area contributed by atoms with Gasteiger partial charge >= 0.3 is 0 Å². The first-order chi connectivity index (χ1) is 12.7. The van der Waals surface area contributed by atoms with Crippen LogP contribution < -0.4 is 5.32 Å². The summed E-state index contributed by atoms with van der Waals surface area (Å²) in [6.45, 7) is 4.14. The van der Waals surface area contributed by atoms with Gasteiger partial charge in [0.2, 0.25) is 0 Å². The lowest BCUT2D eigenvalue weighted by Crippen LogP contribution is -2.87. The van der Waals surface area contributed by atoms with Crippen LogP contribution >= 0.6 is 11.3 Å². The van der Waals surface area contributed by atoms with Crippen molar-refractivity contribution in [3.05, 3.63) is 53.4 Å². The molecule has 0 spiro atoms. The number of furan rings is 1. The molecule has 2 atom stereocenters. The standard InChI is InChI=1S/C20H23N3O2S/c1-14(17-8-5-11-25-17)21-12-19(24)23-10-4-6-15(13-23)20-22-16-7-2-3-9-18(16)26-20/h2-3,5,7-9,11,14-15,21H,4,6,10,12-13H2,1H3/p+1/t14-,15-/m1/s1. The van der Waals surface area contributed by atoms with Crippen molar-refractivity contribution >= 4 is 27.5 Å². The Morgan fingerprint density at radius 3 is 3.08 bits per heavy atom. The first kappa shape index (κ1) is 17.2. The number of para-hydroxylation sites is 1. The molecule has 4 rings (SSSR count). The molecule has 1 saturated heterocycles. The number of benzene rings is 1. The fourth-order valence-corrected chi connectivity index (χ4v) is 4.64. The number of hydrogen-bond donors (Lipinski definition) is 1. The van der Waals surface area contributed by atoms with Crippen LogP contribution in [0.2, 0.25) is 0 Å². The van der Waals surface area contributed by atoms with Crippen LogP contribution in [-0.4, -0.2) is 35.4 Å². The van der Waals surface area contributed by atoms with E-state index in [0.29, 0.717) is 12.5 Å². The molecule has 0 unspecified atom stereocenters. The topological polar surface area (TPSA) is 63.0 Å². The molecule has 136 valence electrons. The first-order valence-corrected chi connectivity index (χ1v) is 10.0. The molecule has 6 heteroatoms. The summed E-state index contributed by atoms with van der Waals surface area (Å²) in [5, 5.41) is 3.21. The summed E-state index contributed by atoms with van der Waals surface area (Å²) in [5.41, 5.74) is 1.07. The van der Waals surface area contributed by atoms with Gasteiger partial charge in [-0.3, -0.25) is 4.79 Å². The third-order valence-electron chi connectivity index (χ3n) is 5.07. The molecule has 3 heterocycles. The lowest BCUT2D eigenvalue weighted by molar-refractivity contribution is -0.685. The Hall–Kier alpha value is -2.18. The summed E-state index contributed by atoms with van der Waals surface area (Å²) < 4.78 is 6.64. The van der Waals surface area contributed by atoms with Crippen LogP contribution in [0.3, 0.4) is 0 Å². The summed E-state index contributed by atoms with van der Waals surface area (Å²) in [5.74, 6) is 1.46. The smallest absolute Gasteiger partial charge is 0.277 e. The monoisotopic (exact) mass is 370 g/mol. The summed E-state index contributed by atoms with van der Waals surface area (Å²) in [7, 11) is 0. The molecule has 2 N–H and O–H groups in total. The number of carbonyl (C=O) groups excluding carboxylic acids is 1. The Bertz CT molecular complexity index is 841. The summed E-state index contributed by atoms with van der Waals surface area (Å²) in [4.78, 5) is 19.5. The number of amides is 1. The van der Waals surface area contributed by atoms with Crippen molar-refractivity contribution in [3.8, 4) is 0 Å². The van der Waals surface area contributed by atoms with Crippen molar-refractivity contribution in [2.75, 3.05) is 19.6 Å². The Balaban J connectivity index is 1.37. The normalized spacial score (nSPS) is 19.0. The molecule has 2 aromatic heterocycles. The minimum Gasteiger partial charge on any atom is -0.463 e. The molecule has 26 heavy (non-hydrogen) atoms. The number of nitrogens with zero attached hydrogens (tertiary/aromatic N) is 2. The number of likely N-dealkylation sites (tertiary alicyclic amines) is 1. The number of piperidine rings is 1. The molecule has 3 aromatic rings. The Labute approximate surface area is 157 Å². The van der Waals surface area contributed by atoms with Gasteiger partial charge in [0.1, 0.15) is 6.04 Å². The molecular weight excluding hydrogens is 346 g/mol. The molecular formula is C20H24N3O2S+. The van der Waals surface area contributed by atoms with Crippen molar-refractivity contribution in [2.24, 2.45) is 0 Å². The maximum Gasteiger partial charge on any atom is 0.277 e. The van der Waals surface area contributed by atoms with Gasteiger partial charge in [-0.15, -0.1) is 11.3 Å². The third-order valence-corrected chi connectivity index (χ3v) is 6.27. The van der Waals surface area contributed by atoms with E-state index in [0.717, 1.165) is 42.2 Å². The maximum absolute atomic E-state index is 12.7. The van der Waals surface area contributed by atoms with Crippen LogP contribution in [0.1, 0.15) is 42.5 Å². The van der Waals surface area contributed by atoms with E-state index in [-0.39, 0.29) is 11.9 Å². The largest absolute Gasteiger partial charge is 0.463 e. The van der Waals surface area contributed by atoms with Gasteiger partial charge in [0.25, 0.3) is 5.91 Å². The van der Waals surface area contributed by atoms with Gasteiger partial charge in [-0.2, -0.15) is 0 Å². The number of fused-ring (bicyclic) bond motifs is 1. The molecule has 0 radical (unpaired) electrons. The first-order valence-electron chi connectivity index (χ1n) is 9.20. The van der Waals surface area contributed by atoms with Crippen molar-refractivity contribution < 1.29 is 14.5 Å². The predicted molar refractivity (Wildman–Crippen MR) is 102 cm³/mol. The van der Waals surface area contributed by atoms with E-state index in [1.54, 1.807) is 17.6 Å². The molecule has 5 nitrogen and oxygen atoms in total. The SMILES string of the molecule is C[C@@H]([NH2+]CC(=O)N1CCC[C@@H](c2nc3ccccc3s2)C1)c1ccco1. The lowest BCUT2D eigenvalue weighted by Gasteiger charge is -2.31. The number of thiazole rings is 1. The van der Waals surface area contributed by atoms with Crippen molar-refractivity contribution in [3.63, 3.8) is 0 Å². The average Bonchev–Trinajstić information content (AvgIpc) is 3.35. The van der Waals surface area contributed by atoms with Gasteiger partial charge in [0.05, 0.1) is 21.5 Å². The zero-order valence-corrected chi connectivity index (χ0v) is 15.7. The predicted octanol–water partition coefficient (Wildman–Crippen LogP) is 2.92. The number of nitrogens with two attached hydrogens (primary N) is 1. The van der Waals surface area contributed by atoms with E-state index >= 15 is 0 Å². The second kappa shape index (κ2) is 7.60. The van der Waals surface area contributed by atoms with Crippen LogP contribution in [0, 0.1) is 0 Å². The lowest BCUT2D eigenvalue weighted by atomic mass is 9.98. The molecule has 0 saturated carbocycles. The molecule has 0 aliphatic carbocycles. The highest BCUT2D eigenvalue weighted by molar-refractivity contribution is 7.18. The summed E-state index contributed by atoms with van der Waals surface area (Å²) >= 11 is 1.76. The summed E-state index contributed by atoms with van der Waals surface area (Å²) in [6.07, 6.45) is 3.82. The van der Waals surface area contributed by atoms with Crippen LogP contribution in [0.5, 0.6) is 0 Å². The number of rotatable bonds is 5. The average molecular weight is 370 g/mol. The van der Waals surface area contributed by atoms with E-state index < -0.39 is 0 Å². The minimum atomic E-state index is 0.152. The van der Waals surface area contributed by atoms with Gasteiger partial charge < -0.3 is 14.6 Å². The fraction of sp³-hybridized carbons (Fsp3) is 0.400. The molecule has 1 amide bonds. The van der Waals surface area contributed by atoms with Crippen LogP contribution in [0.4, 0.5) is 0 Å². The number of hydrogen-bond acceptors (Lipinski definition) is 4. The Morgan fingerprint density at radius 2 is 2.27 bits per heavy atom. The number of quaternary nitrogens is 1. The maximum atomic E-state index is 12.7. The third kappa shape index (κ3) is 3.66. The quantitative estimate of drug-likeness (QED) is 0.751. The van der Waals surface area contributed by atoms with E-state index in [2.05, 4.69) is 25.1 Å².